The van der Waals surface area contributed by atoms with Crippen LogP contribution in [-0.4, -0.2) is 19.3 Å². The number of benzene rings is 1. The van der Waals surface area contributed by atoms with E-state index in [9.17, 15) is 21.6 Å². The molecule has 1 aromatic rings. The molecule has 0 aliphatic carbocycles. The first-order valence-electron chi connectivity index (χ1n) is 5.90. The predicted octanol–water partition coefficient (Wildman–Crippen LogP) is 4.18. The van der Waals surface area contributed by atoms with Gasteiger partial charge in [-0.15, -0.1) is 11.6 Å². The Bertz CT molecular complexity index is 557. The minimum Gasteiger partial charge on any atom is -0.214 e. The van der Waals surface area contributed by atoms with E-state index in [1.165, 1.54) is 12.1 Å². The Morgan fingerprint density at radius 3 is 1.90 bits per heavy atom. The van der Waals surface area contributed by atoms with Crippen LogP contribution in [0.4, 0.5) is 13.2 Å². The fraction of sp³-hybridized carbons (Fsp3) is 0.538. The highest BCUT2D eigenvalue weighted by atomic mass is 35.5. The van der Waals surface area contributed by atoms with E-state index >= 15 is 0 Å². The summed E-state index contributed by atoms with van der Waals surface area (Å²) >= 11 is 6.20. The predicted molar refractivity (Wildman–Crippen MR) is 72.5 cm³/mol. The van der Waals surface area contributed by atoms with Crippen molar-refractivity contribution in [1.29, 1.82) is 0 Å². The fourth-order valence-electron chi connectivity index (χ4n) is 1.45. The number of rotatable bonds is 3. The van der Waals surface area contributed by atoms with Crippen LogP contribution in [0.2, 0.25) is 0 Å². The summed E-state index contributed by atoms with van der Waals surface area (Å²) in [6.07, 6.45) is 0.456. The average Bonchev–Trinajstić information content (AvgIpc) is 2.26. The molecule has 20 heavy (non-hydrogen) atoms. The van der Waals surface area contributed by atoms with Crippen LogP contribution < -0.4 is 0 Å². The maximum Gasteiger partial charge on any atom is 0.501 e. The van der Waals surface area contributed by atoms with Crippen molar-refractivity contribution in [2.75, 3.05) is 0 Å². The number of sulfone groups is 1. The topological polar surface area (TPSA) is 34.1 Å². The van der Waals surface area contributed by atoms with E-state index < -0.39 is 20.2 Å². The summed E-state index contributed by atoms with van der Waals surface area (Å²) in [5.74, 6) is 0. The lowest BCUT2D eigenvalue weighted by molar-refractivity contribution is -0.0436. The molecular formula is C13H16ClF3O2S. The lowest BCUT2D eigenvalue weighted by atomic mass is 9.88. The molecule has 2 nitrogen and oxygen atoms in total. The third-order valence-corrected chi connectivity index (χ3v) is 5.20. The average molecular weight is 329 g/mol. The third kappa shape index (κ3) is 3.88. The number of hydrogen-bond acceptors (Lipinski definition) is 2. The highest BCUT2D eigenvalue weighted by Crippen LogP contribution is 2.31. The first kappa shape index (κ1) is 17.3. The Balaban J connectivity index is 2.97. The minimum absolute atomic E-state index is 0.154. The Morgan fingerprint density at radius 2 is 1.55 bits per heavy atom. The standard InChI is InChI=1S/C13H16ClF3O2S/c1-12(2,3)11(14)8-9-4-6-10(7-5-9)20(18,19)13(15,16)17/h4-7,11H,8H2,1-3H3. The lowest BCUT2D eigenvalue weighted by Gasteiger charge is -2.25. The molecule has 1 atom stereocenters. The second-order valence-electron chi connectivity index (χ2n) is 5.63. The van der Waals surface area contributed by atoms with Crippen molar-refractivity contribution in [2.24, 2.45) is 5.41 Å². The Kier molecular flexibility index (Phi) is 4.81. The van der Waals surface area contributed by atoms with Gasteiger partial charge in [0.25, 0.3) is 9.84 Å². The van der Waals surface area contributed by atoms with E-state index in [2.05, 4.69) is 0 Å². The first-order valence-corrected chi connectivity index (χ1v) is 7.82. The highest BCUT2D eigenvalue weighted by Gasteiger charge is 2.46. The van der Waals surface area contributed by atoms with Gasteiger partial charge in [-0.3, -0.25) is 0 Å². The van der Waals surface area contributed by atoms with Gasteiger partial charge >= 0.3 is 5.51 Å². The maximum atomic E-state index is 12.4. The van der Waals surface area contributed by atoms with Crippen LogP contribution in [-0.2, 0) is 16.3 Å². The molecule has 0 radical (unpaired) electrons. The molecule has 7 heteroatoms. The fourth-order valence-corrected chi connectivity index (χ4v) is 2.39. The van der Waals surface area contributed by atoms with Gasteiger partial charge in [-0.1, -0.05) is 32.9 Å². The van der Waals surface area contributed by atoms with Crippen LogP contribution in [0.25, 0.3) is 0 Å². The molecule has 0 amide bonds. The van der Waals surface area contributed by atoms with Crippen LogP contribution in [0, 0.1) is 5.41 Å². The molecule has 1 rings (SSSR count). The SMILES string of the molecule is CC(C)(C)C(Cl)Cc1ccc(S(=O)(=O)C(F)(F)F)cc1. The zero-order valence-electron chi connectivity index (χ0n) is 11.3. The minimum atomic E-state index is -5.28. The van der Waals surface area contributed by atoms with Crippen LogP contribution >= 0.6 is 11.6 Å². The molecule has 1 aromatic carbocycles. The molecule has 0 N–H and O–H groups in total. The van der Waals surface area contributed by atoms with E-state index in [-0.39, 0.29) is 10.8 Å². The normalized spacial score (nSPS) is 15.2. The molecule has 1 unspecified atom stereocenters. The number of halogens is 4. The van der Waals surface area contributed by atoms with Crippen molar-refractivity contribution in [3.63, 3.8) is 0 Å². The maximum absolute atomic E-state index is 12.4. The largest absolute Gasteiger partial charge is 0.501 e. The molecule has 0 spiro atoms. The first-order chi connectivity index (χ1) is 8.85. The van der Waals surface area contributed by atoms with Gasteiger partial charge < -0.3 is 0 Å². The second-order valence-corrected chi connectivity index (χ2v) is 8.10. The van der Waals surface area contributed by atoms with Crippen LogP contribution in [0.5, 0.6) is 0 Å². The van der Waals surface area contributed by atoms with Gasteiger partial charge in [0.05, 0.1) is 4.90 Å². The van der Waals surface area contributed by atoms with Crippen molar-refractivity contribution in [3.05, 3.63) is 29.8 Å². The Labute approximate surface area is 121 Å². The molecule has 0 saturated heterocycles. The number of alkyl halides is 4. The zero-order chi connectivity index (χ0) is 15.8. The van der Waals surface area contributed by atoms with Gasteiger partial charge in [-0.25, -0.2) is 8.42 Å². The summed E-state index contributed by atoms with van der Waals surface area (Å²) in [6.45, 7) is 5.85. The van der Waals surface area contributed by atoms with Crippen LogP contribution in [0.3, 0.4) is 0 Å². The molecule has 0 aliphatic rings. The van der Waals surface area contributed by atoms with E-state index in [0.29, 0.717) is 12.0 Å². The zero-order valence-corrected chi connectivity index (χ0v) is 12.9. The molecule has 114 valence electrons. The monoisotopic (exact) mass is 328 g/mol. The Hall–Kier alpha value is -0.750. The summed E-state index contributed by atoms with van der Waals surface area (Å²) < 4.78 is 59.5. The van der Waals surface area contributed by atoms with Crippen molar-refractivity contribution >= 4 is 21.4 Å². The molecule has 0 fully saturated rings. The van der Waals surface area contributed by atoms with E-state index in [1.807, 2.05) is 20.8 Å². The molecule has 0 aromatic heterocycles. The van der Waals surface area contributed by atoms with Crippen LogP contribution in [0.15, 0.2) is 29.2 Å². The highest BCUT2D eigenvalue weighted by molar-refractivity contribution is 7.92. The van der Waals surface area contributed by atoms with Gasteiger partial charge in [0.2, 0.25) is 0 Å². The van der Waals surface area contributed by atoms with Gasteiger partial charge in [0.15, 0.2) is 0 Å². The molecule has 0 bridgehead atoms. The van der Waals surface area contributed by atoms with E-state index in [0.717, 1.165) is 12.1 Å². The second kappa shape index (κ2) is 5.56. The van der Waals surface area contributed by atoms with Crippen LogP contribution in [0.1, 0.15) is 26.3 Å². The molecule has 0 aliphatic heterocycles. The van der Waals surface area contributed by atoms with E-state index in [4.69, 9.17) is 11.6 Å². The summed E-state index contributed by atoms with van der Waals surface area (Å²) in [5, 5.41) is -0.201. The van der Waals surface area contributed by atoms with Gasteiger partial charge in [-0.2, -0.15) is 13.2 Å². The molecule has 0 saturated carbocycles. The van der Waals surface area contributed by atoms with Gasteiger partial charge in [0, 0.05) is 5.38 Å². The van der Waals surface area contributed by atoms with Crippen molar-refractivity contribution in [3.8, 4) is 0 Å². The lowest BCUT2D eigenvalue weighted by Crippen LogP contribution is -2.24. The quantitative estimate of drug-likeness (QED) is 0.780. The summed E-state index contributed by atoms with van der Waals surface area (Å²) in [7, 11) is -5.28. The molecular weight excluding hydrogens is 313 g/mol. The van der Waals surface area contributed by atoms with Crippen molar-refractivity contribution in [2.45, 2.75) is 43.0 Å². The van der Waals surface area contributed by atoms with Crippen molar-refractivity contribution in [1.82, 2.24) is 0 Å². The summed E-state index contributed by atoms with van der Waals surface area (Å²) in [5.41, 5.74) is -4.74. The van der Waals surface area contributed by atoms with E-state index in [1.54, 1.807) is 0 Å². The summed E-state index contributed by atoms with van der Waals surface area (Å²) in [4.78, 5) is -0.754. The van der Waals surface area contributed by atoms with Gasteiger partial charge in [0.1, 0.15) is 0 Å². The van der Waals surface area contributed by atoms with Crippen molar-refractivity contribution < 1.29 is 21.6 Å². The summed E-state index contributed by atoms with van der Waals surface area (Å²) in [6, 6.07) is 4.65. The molecule has 0 heterocycles. The smallest absolute Gasteiger partial charge is 0.214 e. The van der Waals surface area contributed by atoms with Gasteiger partial charge in [-0.05, 0) is 29.5 Å². The Morgan fingerprint density at radius 1 is 1.10 bits per heavy atom. The third-order valence-electron chi connectivity index (χ3n) is 2.89. The number of hydrogen-bond donors (Lipinski definition) is 0.